The number of nitrogen functional groups attached to an aromatic ring is 1. The molecule has 2 rings (SSSR count). The van der Waals surface area contributed by atoms with E-state index in [9.17, 15) is 10.4 Å². The van der Waals surface area contributed by atoms with Gasteiger partial charge in [-0.05, 0) is 38.1 Å². The van der Waals surface area contributed by atoms with Crippen molar-refractivity contribution in [1.29, 1.82) is 5.26 Å². The van der Waals surface area contributed by atoms with Crippen molar-refractivity contribution >= 4 is 22.8 Å². The number of allylic oxidation sites excluding steroid dienone is 4. The molecule has 3 N–H and O–H groups in total. The van der Waals surface area contributed by atoms with Gasteiger partial charge in [0.1, 0.15) is 11.8 Å². The van der Waals surface area contributed by atoms with E-state index < -0.39 is 0 Å². The lowest BCUT2D eigenvalue weighted by Crippen LogP contribution is -1.98. The Morgan fingerprint density at radius 3 is 2.73 bits per heavy atom. The fourth-order valence-electron chi connectivity index (χ4n) is 1.98. The molecular formula is C17H16N4O. The largest absolute Gasteiger partial charge is 0.508 e. The highest BCUT2D eigenvalue weighted by molar-refractivity contribution is 5.93. The molecule has 0 saturated heterocycles. The molecule has 0 atom stereocenters. The van der Waals surface area contributed by atoms with Gasteiger partial charge in [0, 0.05) is 18.0 Å². The Hall–Kier alpha value is -3.13. The van der Waals surface area contributed by atoms with Gasteiger partial charge in [-0.25, -0.2) is 0 Å². The molecule has 1 aromatic heterocycles. The van der Waals surface area contributed by atoms with Crippen molar-refractivity contribution in [3.05, 3.63) is 59.1 Å². The lowest BCUT2D eigenvalue weighted by Gasteiger charge is -2.07. The first-order valence-electron chi connectivity index (χ1n) is 6.71. The smallest absolute Gasteiger partial charge is 0.111 e. The Bertz CT molecular complexity index is 842. The van der Waals surface area contributed by atoms with E-state index in [4.69, 9.17) is 5.73 Å². The van der Waals surface area contributed by atoms with Gasteiger partial charge in [0.05, 0.1) is 22.3 Å². The van der Waals surface area contributed by atoms with E-state index in [0.29, 0.717) is 27.8 Å². The van der Waals surface area contributed by atoms with Crippen LogP contribution in [0.5, 0.6) is 0 Å². The predicted molar refractivity (Wildman–Crippen MR) is 87.8 cm³/mol. The minimum atomic E-state index is 0.177. The maximum absolute atomic E-state index is 9.44. The van der Waals surface area contributed by atoms with Crippen LogP contribution < -0.4 is 5.73 Å². The number of rotatable bonds is 3. The number of nitrogens with two attached hydrogens (primary N) is 1. The standard InChI is InChI=1S/C17H16N4O/c1-3-13(22)5-4-11(2)8-14-16(19)12(10-18)9-15-17(14)21-7-6-20-15/h3-9,22H,19H2,1-2H3/b5-4-,11-8+,13-3-. The van der Waals surface area contributed by atoms with Crippen molar-refractivity contribution in [3.8, 4) is 6.07 Å². The zero-order valence-corrected chi connectivity index (χ0v) is 12.4. The molecule has 1 aromatic carbocycles. The van der Waals surface area contributed by atoms with Gasteiger partial charge in [-0.2, -0.15) is 5.26 Å². The van der Waals surface area contributed by atoms with Crippen LogP contribution in [0.4, 0.5) is 5.69 Å². The molecule has 5 heteroatoms. The molecule has 0 saturated carbocycles. The summed E-state index contributed by atoms with van der Waals surface area (Å²) >= 11 is 0. The Labute approximate surface area is 128 Å². The second kappa shape index (κ2) is 6.55. The fraction of sp³-hybridized carbons (Fsp3) is 0.118. The highest BCUT2D eigenvalue weighted by Gasteiger charge is 2.10. The summed E-state index contributed by atoms with van der Waals surface area (Å²) in [5, 5.41) is 18.6. The minimum absolute atomic E-state index is 0.177. The summed E-state index contributed by atoms with van der Waals surface area (Å²) in [4.78, 5) is 8.52. The van der Waals surface area contributed by atoms with E-state index in [1.807, 2.05) is 13.0 Å². The molecular weight excluding hydrogens is 276 g/mol. The van der Waals surface area contributed by atoms with Crippen molar-refractivity contribution in [3.63, 3.8) is 0 Å². The summed E-state index contributed by atoms with van der Waals surface area (Å²) in [6.45, 7) is 3.62. The van der Waals surface area contributed by atoms with Crippen LogP contribution in [-0.4, -0.2) is 15.1 Å². The number of aromatic nitrogens is 2. The third-order valence-electron chi connectivity index (χ3n) is 3.15. The number of nitrogens with zero attached hydrogens (tertiary/aromatic N) is 3. The highest BCUT2D eigenvalue weighted by Crippen LogP contribution is 2.27. The van der Waals surface area contributed by atoms with Crippen LogP contribution in [0, 0.1) is 11.3 Å². The van der Waals surface area contributed by atoms with Crippen LogP contribution in [0.2, 0.25) is 0 Å². The molecule has 0 bridgehead atoms. The molecule has 0 aliphatic carbocycles. The van der Waals surface area contributed by atoms with Gasteiger partial charge in [-0.1, -0.05) is 11.6 Å². The molecule has 0 fully saturated rings. The lowest BCUT2D eigenvalue weighted by molar-refractivity contribution is 0.431. The molecule has 0 aliphatic rings. The average molecular weight is 292 g/mol. The second-order valence-electron chi connectivity index (χ2n) is 4.72. The average Bonchev–Trinajstić information content (AvgIpc) is 2.54. The van der Waals surface area contributed by atoms with Gasteiger partial charge in [0.15, 0.2) is 0 Å². The van der Waals surface area contributed by atoms with Crippen molar-refractivity contribution in [2.75, 3.05) is 5.73 Å². The van der Waals surface area contributed by atoms with Crippen LogP contribution in [0.25, 0.3) is 17.1 Å². The molecule has 0 spiro atoms. The quantitative estimate of drug-likeness (QED) is 0.512. The maximum Gasteiger partial charge on any atom is 0.111 e. The zero-order valence-electron chi connectivity index (χ0n) is 12.4. The van der Waals surface area contributed by atoms with E-state index in [2.05, 4.69) is 16.0 Å². The van der Waals surface area contributed by atoms with Gasteiger partial charge >= 0.3 is 0 Å². The first-order valence-corrected chi connectivity index (χ1v) is 6.71. The van der Waals surface area contributed by atoms with Crippen LogP contribution in [0.15, 0.2) is 48.0 Å². The summed E-state index contributed by atoms with van der Waals surface area (Å²) in [5.41, 5.74) is 9.59. The van der Waals surface area contributed by atoms with Gasteiger partial charge in [0.2, 0.25) is 0 Å². The number of hydrogen-bond acceptors (Lipinski definition) is 5. The summed E-state index contributed by atoms with van der Waals surface area (Å²) in [6.07, 6.45) is 9.92. The number of anilines is 1. The number of aliphatic hydroxyl groups excluding tert-OH is 1. The van der Waals surface area contributed by atoms with Gasteiger partial charge in [-0.15, -0.1) is 0 Å². The molecule has 0 radical (unpaired) electrons. The topological polar surface area (TPSA) is 95.8 Å². The Kier molecular flexibility index (Phi) is 4.54. The first-order chi connectivity index (χ1) is 10.6. The van der Waals surface area contributed by atoms with E-state index in [1.165, 1.54) is 0 Å². The summed E-state index contributed by atoms with van der Waals surface area (Å²) < 4.78 is 0. The highest BCUT2D eigenvalue weighted by atomic mass is 16.3. The summed E-state index contributed by atoms with van der Waals surface area (Å²) in [5.74, 6) is 0.177. The molecule has 5 nitrogen and oxygen atoms in total. The van der Waals surface area contributed by atoms with Gasteiger partial charge < -0.3 is 10.8 Å². The van der Waals surface area contributed by atoms with E-state index in [1.54, 1.807) is 43.6 Å². The van der Waals surface area contributed by atoms with E-state index in [0.717, 1.165) is 5.57 Å². The third kappa shape index (κ3) is 3.13. The Morgan fingerprint density at radius 2 is 2.05 bits per heavy atom. The third-order valence-corrected chi connectivity index (χ3v) is 3.15. The molecule has 1 heterocycles. The molecule has 0 unspecified atom stereocenters. The maximum atomic E-state index is 9.44. The number of hydrogen-bond donors (Lipinski definition) is 2. The summed E-state index contributed by atoms with van der Waals surface area (Å²) in [7, 11) is 0. The lowest BCUT2D eigenvalue weighted by atomic mass is 10.0. The Morgan fingerprint density at radius 1 is 1.32 bits per heavy atom. The number of fused-ring (bicyclic) bond motifs is 1. The summed E-state index contributed by atoms with van der Waals surface area (Å²) in [6, 6.07) is 3.70. The second-order valence-corrected chi connectivity index (χ2v) is 4.72. The van der Waals surface area contributed by atoms with E-state index >= 15 is 0 Å². The monoisotopic (exact) mass is 292 g/mol. The van der Waals surface area contributed by atoms with Crippen molar-refractivity contribution < 1.29 is 5.11 Å². The molecule has 2 aromatic rings. The number of aliphatic hydroxyl groups is 1. The van der Waals surface area contributed by atoms with Crippen molar-refractivity contribution in [2.24, 2.45) is 0 Å². The van der Waals surface area contributed by atoms with Crippen molar-refractivity contribution in [1.82, 2.24) is 9.97 Å². The minimum Gasteiger partial charge on any atom is -0.508 e. The first kappa shape index (κ1) is 15.3. The molecule has 0 aliphatic heterocycles. The Balaban J connectivity index is 2.62. The number of benzene rings is 1. The molecule has 0 amide bonds. The fourth-order valence-corrected chi connectivity index (χ4v) is 1.98. The molecule has 110 valence electrons. The van der Waals surface area contributed by atoms with Crippen LogP contribution >= 0.6 is 0 Å². The normalized spacial score (nSPS) is 12.8. The van der Waals surface area contributed by atoms with Crippen molar-refractivity contribution in [2.45, 2.75) is 13.8 Å². The van der Waals surface area contributed by atoms with Crippen LogP contribution in [0.1, 0.15) is 25.0 Å². The SMILES string of the molecule is C/C=C(O)/C=C\C(C)=C\c1c(N)c(C#N)cc2nccnc12. The van der Waals surface area contributed by atoms with Crippen LogP contribution in [0.3, 0.4) is 0 Å². The zero-order chi connectivity index (χ0) is 16.1. The predicted octanol–water partition coefficient (Wildman–Crippen LogP) is 3.50. The molecule has 22 heavy (non-hydrogen) atoms. The van der Waals surface area contributed by atoms with Gasteiger partial charge in [0.25, 0.3) is 0 Å². The van der Waals surface area contributed by atoms with Crippen LogP contribution in [-0.2, 0) is 0 Å². The van der Waals surface area contributed by atoms with E-state index in [-0.39, 0.29) is 5.76 Å². The number of nitriles is 1. The van der Waals surface area contributed by atoms with Gasteiger partial charge in [-0.3, -0.25) is 9.97 Å².